The number of carbonyl (C=O) groups is 3. The first-order valence-corrected chi connectivity index (χ1v) is 11.0. The van der Waals surface area contributed by atoms with E-state index < -0.39 is 17.4 Å². The number of para-hydroxylation sites is 1. The molecule has 4 atom stereocenters. The van der Waals surface area contributed by atoms with Crippen molar-refractivity contribution in [1.82, 2.24) is 10.2 Å². The molecule has 2 N–H and O–H groups in total. The molecule has 6 heteroatoms. The molecule has 1 spiro atoms. The van der Waals surface area contributed by atoms with Crippen LogP contribution in [-0.4, -0.2) is 35.2 Å². The molecule has 3 aliphatic heterocycles. The maximum absolute atomic E-state index is 13.7. The van der Waals surface area contributed by atoms with Crippen LogP contribution in [-0.2, 0) is 26.3 Å². The monoisotopic (exact) mass is 417 g/mol. The number of fused-ring (bicyclic) bond motifs is 4. The minimum absolute atomic E-state index is 0.155. The average molecular weight is 418 g/mol. The van der Waals surface area contributed by atoms with Gasteiger partial charge >= 0.3 is 0 Å². The van der Waals surface area contributed by atoms with Crippen molar-refractivity contribution in [2.45, 2.75) is 38.3 Å². The van der Waals surface area contributed by atoms with Gasteiger partial charge in [-0.05, 0) is 30.4 Å². The number of nitrogens with one attached hydrogen (secondary N) is 2. The largest absolute Gasteiger partial charge is 0.324 e. The number of hydrogen-bond acceptors (Lipinski definition) is 4. The molecule has 0 radical (unpaired) electrons. The van der Waals surface area contributed by atoms with Crippen molar-refractivity contribution in [3.8, 4) is 0 Å². The van der Waals surface area contributed by atoms with E-state index in [2.05, 4.69) is 24.5 Å². The lowest BCUT2D eigenvalue weighted by atomic mass is 9.76. The third kappa shape index (κ3) is 2.92. The Morgan fingerprint density at radius 3 is 2.42 bits per heavy atom. The van der Waals surface area contributed by atoms with Crippen LogP contribution in [0.5, 0.6) is 0 Å². The fourth-order valence-electron chi connectivity index (χ4n) is 5.63. The van der Waals surface area contributed by atoms with Crippen molar-refractivity contribution in [2.24, 2.45) is 17.8 Å². The molecule has 3 heterocycles. The Morgan fingerprint density at radius 1 is 0.968 bits per heavy atom. The molecule has 2 aromatic rings. The minimum Gasteiger partial charge on any atom is -0.324 e. The normalized spacial score (nSPS) is 29.1. The lowest BCUT2D eigenvalue weighted by molar-refractivity contribution is -0.142. The van der Waals surface area contributed by atoms with E-state index in [9.17, 15) is 14.4 Å². The van der Waals surface area contributed by atoms with Gasteiger partial charge in [0.2, 0.25) is 17.7 Å². The van der Waals surface area contributed by atoms with E-state index in [4.69, 9.17) is 0 Å². The number of nitrogens with zero attached hydrogens (tertiary/aromatic N) is 1. The van der Waals surface area contributed by atoms with Crippen molar-refractivity contribution in [3.63, 3.8) is 0 Å². The highest BCUT2D eigenvalue weighted by atomic mass is 16.2. The SMILES string of the molecule is CC(C)C[C@H]1N[C@@]2(C(=O)Nc3ccccc32)[C@@H]2C(=O)N(CCc3ccccc3)C(=O)[C@@H]21. The third-order valence-electron chi connectivity index (χ3n) is 6.91. The summed E-state index contributed by atoms with van der Waals surface area (Å²) in [6.07, 6.45) is 1.33. The van der Waals surface area contributed by atoms with Crippen LogP contribution >= 0.6 is 0 Å². The van der Waals surface area contributed by atoms with Crippen LogP contribution in [0.3, 0.4) is 0 Å². The molecule has 0 unspecified atom stereocenters. The minimum atomic E-state index is -1.19. The number of imide groups is 1. The van der Waals surface area contributed by atoms with Crippen molar-refractivity contribution in [3.05, 3.63) is 65.7 Å². The Kier molecular flexibility index (Phi) is 4.70. The number of benzene rings is 2. The summed E-state index contributed by atoms with van der Waals surface area (Å²) < 4.78 is 0. The maximum Gasteiger partial charge on any atom is 0.250 e. The first kappa shape index (κ1) is 19.9. The predicted octanol–water partition coefficient (Wildman–Crippen LogP) is 2.70. The number of carbonyl (C=O) groups excluding carboxylic acids is 3. The van der Waals surface area contributed by atoms with Gasteiger partial charge in [-0.25, -0.2) is 0 Å². The molecule has 5 rings (SSSR count). The van der Waals surface area contributed by atoms with Gasteiger partial charge in [0, 0.05) is 23.8 Å². The van der Waals surface area contributed by atoms with E-state index in [0.717, 1.165) is 17.5 Å². The van der Waals surface area contributed by atoms with Gasteiger partial charge in [-0.3, -0.25) is 24.6 Å². The van der Waals surface area contributed by atoms with Gasteiger partial charge in [0.1, 0.15) is 5.54 Å². The number of amides is 3. The summed E-state index contributed by atoms with van der Waals surface area (Å²) in [5.41, 5.74) is 1.38. The van der Waals surface area contributed by atoms with Gasteiger partial charge < -0.3 is 5.32 Å². The summed E-state index contributed by atoms with van der Waals surface area (Å²) in [5, 5.41) is 6.42. The van der Waals surface area contributed by atoms with E-state index in [1.165, 1.54) is 4.90 Å². The van der Waals surface area contributed by atoms with Crippen LogP contribution in [0.2, 0.25) is 0 Å². The molecule has 2 saturated heterocycles. The quantitative estimate of drug-likeness (QED) is 0.734. The van der Waals surface area contributed by atoms with Crippen LogP contribution in [0.4, 0.5) is 5.69 Å². The lowest BCUT2D eigenvalue weighted by Crippen LogP contribution is -2.53. The van der Waals surface area contributed by atoms with E-state index >= 15 is 0 Å². The molecule has 3 amide bonds. The van der Waals surface area contributed by atoms with Crippen LogP contribution in [0.25, 0.3) is 0 Å². The molecule has 2 fully saturated rings. The summed E-state index contributed by atoms with van der Waals surface area (Å²) >= 11 is 0. The number of rotatable bonds is 5. The zero-order chi connectivity index (χ0) is 21.8. The second-order valence-electron chi connectivity index (χ2n) is 9.26. The second-order valence-corrected chi connectivity index (χ2v) is 9.26. The summed E-state index contributed by atoms with van der Waals surface area (Å²) in [4.78, 5) is 41.9. The van der Waals surface area contributed by atoms with Crippen molar-refractivity contribution in [1.29, 1.82) is 0 Å². The molecule has 0 bridgehead atoms. The molecule has 2 aromatic carbocycles. The first-order chi connectivity index (χ1) is 14.9. The van der Waals surface area contributed by atoms with Gasteiger partial charge in [-0.2, -0.15) is 0 Å². The van der Waals surface area contributed by atoms with E-state index in [-0.39, 0.29) is 23.8 Å². The molecular formula is C25H27N3O3. The fraction of sp³-hybridized carbons (Fsp3) is 0.400. The third-order valence-corrected chi connectivity index (χ3v) is 6.91. The topological polar surface area (TPSA) is 78.5 Å². The van der Waals surface area contributed by atoms with Crippen LogP contribution in [0, 0.1) is 17.8 Å². The first-order valence-electron chi connectivity index (χ1n) is 11.0. The summed E-state index contributed by atoms with van der Waals surface area (Å²) in [5.74, 6) is -1.55. The van der Waals surface area contributed by atoms with E-state index in [1.54, 1.807) is 0 Å². The van der Waals surface area contributed by atoms with Gasteiger partial charge in [0.25, 0.3) is 0 Å². The molecule has 0 aliphatic carbocycles. The summed E-state index contributed by atoms with van der Waals surface area (Å²) in [7, 11) is 0. The standard InChI is InChI=1S/C25H27N3O3/c1-15(2)14-19-20-21(25(27-19)17-10-6-7-11-18(17)26-24(25)31)23(30)28(22(20)29)13-12-16-8-4-3-5-9-16/h3-11,15,19-21,27H,12-14H2,1-2H3,(H,26,31)/t19-,20-,21+,25-/m1/s1. The van der Waals surface area contributed by atoms with Crippen LogP contribution in [0.15, 0.2) is 54.6 Å². The summed E-state index contributed by atoms with van der Waals surface area (Å²) in [6, 6.07) is 17.1. The molecule has 0 aromatic heterocycles. The Hall–Kier alpha value is -2.99. The fourth-order valence-corrected chi connectivity index (χ4v) is 5.63. The van der Waals surface area contributed by atoms with Gasteiger partial charge in [-0.1, -0.05) is 62.4 Å². The highest BCUT2D eigenvalue weighted by molar-refractivity contribution is 6.15. The highest BCUT2D eigenvalue weighted by Crippen LogP contribution is 2.53. The van der Waals surface area contributed by atoms with E-state index in [1.807, 2.05) is 54.6 Å². The molecule has 31 heavy (non-hydrogen) atoms. The molecule has 3 aliphatic rings. The van der Waals surface area contributed by atoms with Crippen molar-refractivity contribution < 1.29 is 14.4 Å². The highest BCUT2D eigenvalue weighted by Gasteiger charge is 2.70. The van der Waals surface area contributed by atoms with Crippen LogP contribution < -0.4 is 10.6 Å². The van der Waals surface area contributed by atoms with Crippen molar-refractivity contribution in [2.75, 3.05) is 11.9 Å². The number of likely N-dealkylation sites (tertiary alicyclic amines) is 1. The van der Waals surface area contributed by atoms with Crippen LogP contribution in [0.1, 0.15) is 31.4 Å². The molecule has 160 valence electrons. The Balaban J connectivity index is 1.53. The van der Waals surface area contributed by atoms with E-state index in [0.29, 0.717) is 24.6 Å². The Morgan fingerprint density at radius 2 is 1.68 bits per heavy atom. The van der Waals surface area contributed by atoms with Gasteiger partial charge in [0.05, 0.1) is 11.8 Å². The second kappa shape index (κ2) is 7.31. The van der Waals surface area contributed by atoms with Crippen molar-refractivity contribution >= 4 is 23.4 Å². The van der Waals surface area contributed by atoms with Gasteiger partial charge in [-0.15, -0.1) is 0 Å². The smallest absolute Gasteiger partial charge is 0.250 e. The zero-order valence-electron chi connectivity index (χ0n) is 17.8. The number of hydrogen-bond donors (Lipinski definition) is 2. The molecule has 0 saturated carbocycles. The van der Waals surface area contributed by atoms with Gasteiger partial charge in [0.15, 0.2) is 0 Å². The number of anilines is 1. The molecule has 6 nitrogen and oxygen atoms in total. The average Bonchev–Trinajstić information content (AvgIpc) is 3.32. The lowest BCUT2D eigenvalue weighted by Gasteiger charge is -2.29. The predicted molar refractivity (Wildman–Crippen MR) is 117 cm³/mol. The Labute approximate surface area is 182 Å². The zero-order valence-corrected chi connectivity index (χ0v) is 17.8. The maximum atomic E-state index is 13.7. The summed E-state index contributed by atoms with van der Waals surface area (Å²) in [6.45, 7) is 4.53. The Bertz CT molecular complexity index is 1050. The molecular weight excluding hydrogens is 390 g/mol.